The van der Waals surface area contributed by atoms with Gasteiger partial charge in [-0.2, -0.15) is 0 Å². The second-order valence-corrected chi connectivity index (χ2v) is 4.19. The van der Waals surface area contributed by atoms with E-state index >= 15 is 0 Å². The van der Waals surface area contributed by atoms with Crippen molar-refractivity contribution in [2.75, 3.05) is 0 Å². The SMILES string of the molecule is C=C(C(=O)CCc1ccccc1)[C@@H](C)OC(C)=O. The van der Waals surface area contributed by atoms with Crippen LogP contribution in [0.3, 0.4) is 0 Å². The van der Waals surface area contributed by atoms with Gasteiger partial charge in [-0.15, -0.1) is 0 Å². The molecule has 1 atom stereocenters. The number of aryl methyl sites for hydroxylation is 1. The Morgan fingerprint density at radius 3 is 2.44 bits per heavy atom. The summed E-state index contributed by atoms with van der Waals surface area (Å²) < 4.78 is 4.93. The minimum Gasteiger partial charge on any atom is -0.458 e. The fraction of sp³-hybridized carbons (Fsp3) is 0.333. The third-order valence-corrected chi connectivity index (χ3v) is 2.68. The molecule has 0 aliphatic rings. The molecule has 1 aromatic carbocycles. The van der Waals surface area contributed by atoms with Crippen molar-refractivity contribution in [1.82, 2.24) is 0 Å². The average Bonchev–Trinajstić information content (AvgIpc) is 2.35. The summed E-state index contributed by atoms with van der Waals surface area (Å²) in [5.41, 5.74) is 1.46. The number of hydrogen-bond acceptors (Lipinski definition) is 3. The van der Waals surface area contributed by atoms with Crippen molar-refractivity contribution in [2.24, 2.45) is 0 Å². The normalized spacial score (nSPS) is 11.7. The highest BCUT2D eigenvalue weighted by Gasteiger charge is 2.16. The molecule has 0 spiro atoms. The van der Waals surface area contributed by atoms with Crippen LogP contribution in [0, 0.1) is 0 Å². The Balaban J connectivity index is 2.45. The predicted octanol–water partition coefficient (Wildman–Crippen LogP) is 2.70. The highest BCUT2D eigenvalue weighted by molar-refractivity contribution is 5.96. The second kappa shape index (κ2) is 6.74. The third-order valence-electron chi connectivity index (χ3n) is 2.68. The standard InChI is InChI=1S/C15H18O3/c1-11(12(2)18-13(3)16)15(17)10-9-14-7-5-4-6-8-14/h4-8,12H,1,9-10H2,2-3H3/t12-/m1/s1. The van der Waals surface area contributed by atoms with Gasteiger partial charge in [0.05, 0.1) is 0 Å². The van der Waals surface area contributed by atoms with Crippen LogP contribution in [-0.4, -0.2) is 17.9 Å². The van der Waals surface area contributed by atoms with Gasteiger partial charge in [0.25, 0.3) is 0 Å². The number of ether oxygens (including phenoxy) is 1. The fourth-order valence-electron chi connectivity index (χ4n) is 1.61. The summed E-state index contributed by atoms with van der Waals surface area (Å²) in [6.45, 7) is 6.67. The van der Waals surface area contributed by atoms with Gasteiger partial charge in [-0.05, 0) is 18.9 Å². The molecule has 0 amide bonds. The first-order valence-electron chi connectivity index (χ1n) is 5.94. The summed E-state index contributed by atoms with van der Waals surface area (Å²) in [6, 6.07) is 9.77. The van der Waals surface area contributed by atoms with Gasteiger partial charge in [0.1, 0.15) is 6.10 Å². The van der Waals surface area contributed by atoms with Crippen molar-refractivity contribution in [2.45, 2.75) is 32.8 Å². The van der Waals surface area contributed by atoms with Crippen LogP contribution in [0.5, 0.6) is 0 Å². The molecule has 0 heterocycles. The molecule has 0 unspecified atom stereocenters. The van der Waals surface area contributed by atoms with Crippen LogP contribution < -0.4 is 0 Å². The van der Waals surface area contributed by atoms with E-state index in [-0.39, 0.29) is 5.78 Å². The molecule has 0 aliphatic heterocycles. The lowest BCUT2D eigenvalue weighted by molar-refractivity contribution is -0.144. The molecule has 1 rings (SSSR count). The Morgan fingerprint density at radius 1 is 1.28 bits per heavy atom. The second-order valence-electron chi connectivity index (χ2n) is 4.19. The summed E-state index contributed by atoms with van der Waals surface area (Å²) in [4.78, 5) is 22.6. The zero-order valence-corrected chi connectivity index (χ0v) is 10.8. The average molecular weight is 246 g/mol. The van der Waals surface area contributed by atoms with E-state index in [1.807, 2.05) is 30.3 Å². The van der Waals surface area contributed by atoms with Gasteiger partial charge in [-0.25, -0.2) is 0 Å². The van der Waals surface area contributed by atoms with Gasteiger partial charge in [-0.1, -0.05) is 36.9 Å². The van der Waals surface area contributed by atoms with E-state index in [9.17, 15) is 9.59 Å². The van der Waals surface area contributed by atoms with Crippen LogP contribution in [0.2, 0.25) is 0 Å². The molecule has 0 aliphatic carbocycles. The van der Waals surface area contributed by atoms with E-state index in [1.54, 1.807) is 6.92 Å². The number of hydrogen-bond donors (Lipinski definition) is 0. The van der Waals surface area contributed by atoms with E-state index in [4.69, 9.17) is 4.74 Å². The summed E-state index contributed by atoms with van der Waals surface area (Å²) in [7, 11) is 0. The lowest BCUT2D eigenvalue weighted by atomic mass is 10.0. The molecule has 0 saturated carbocycles. The molecule has 0 N–H and O–H groups in total. The number of ketones is 1. The highest BCUT2D eigenvalue weighted by Crippen LogP contribution is 2.11. The quantitative estimate of drug-likeness (QED) is 0.572. The minimum absolute atomic E-state index is 0.0624. The van der Waals surface area contributed by atoms with Crippen molar-refractivity contribution in [3.63, 3.8) is 0 Å². The Kier molecular flexibility index (Phi) is 5.31. The number of carbonyl (C=O) groups excluding carboxylic acids is 2. The molecular formula is C15H18O3. The molecule has 3 nitrogen and oxygen atoms in total. The Hall–Kier alpha value is -1.90. The summed E-state index contributed by atoms with van der Waals surface area (Å²) in [5.74, 6) is -0.466. The van der Waals surface area contributed by atoms with Crippen molar-refractivity contribution < 1.29 is 14.3 Å². The van der Waals surface area contributed by atoms with Crippen LogP contribution in [0.1, 0.15) is 25.8 Å². The van der Waals surface area contributed by atoms with Crippen molar-refractivity contribution in [1.29, 1.82) is 0 Å². The lowest BCUT2D eigenvalue weighted by Gasteiger charge is -2.13. The van der Waals surface area contributed by atoms with Crippen LogP contribution in [-0.2, 0) is 20.7 Å². The van der Waals surface area contributed by atoms with E-state index < -0.39 is 12.1 Å². The molecule has 96 valence electrons. The van der Waals surface area contributed by atoms with Crippen molar-refractivity contribution >= 4 is 11.8 Å². The monoisotopic (exact) mass is 246 g/mol. The van der Waals surface area contributed by atoms with E-state index in [0.717, 1.165) is 5.56 Å². The Labute approximate surface area is 107 Å². The molecular weight excluding hydrogens is 228 g/mol. The summed E-state index contributed by atoms with van der Waals surface area (Å²) >= 11 is 0. The first-order valence-corrected chi connectivity index (χ1v) is 5.94. The molecule has 0 bridgehead atoms. The van der Waals surface area contributed by atoms with Gasteiger partial charge in [-0.3, -0.25) is 9.59 Å². The zero-order chi connectivity index (χ0) is 13.5. The molecule has 0 saturated heterocycles. The smallest absolute Gasteiger partial charge is 0.303 e. The molecule has 3 heteroatoms. The maximum absolute atomic E-state index is 11.8. The molecule has 0 aromatic heterocycles. The maximum atomic E-state index is 11.8. The van der Waals surface area contributed by atoms with Crippen LogP contribution in [0.25, 0.3) is 0 Å². The van der Waals surface area contributed by atoms with Gasteiger partial charge in [0, 0.05) is 18.9 Å². The van der Waals surface area contributed by atoms with E-state index in [1.165, 1.54) is 6.92 Å². The van der Waals surface area contributed by atoms with Crippen LogP contribution in [0.15, 0.2) is 42.5 Å². The molecule has 0 fully saturated rings. The summed E-state index contributed by atoms with van der Waals surface area (Å²) in [6.07, 6.45) is 0.505. The van der Waals surface area contributed by atoms with Crippen LogP contribution >= 0.6 is 0 Å². The topological polar surface area (TPSA) is 43.4 Å². The largest absolute Gasteiger partial charge is 0.458 e. The Morgan fingerprint density at radius 2 is 1.89 bits per heavy atom. The van der Waals surface area contributed by atoms with E-state index in [0.29, 0.717) is 18.4 Å². The summed E-state index contributed by atoms with van der Waals surface area (Å²) in [5, 5.41) is 0. The fourth-order valence-corrected chi connectivity index (χ4v) is 1.61. The van der Waals surface area contributed by atoms with Gasteiger partial charge >= 0.3 is 5.97 Å². The zero-order valence-electron chi connectivity index (χ0n) is 10.8. The lowest BCUT2D eigenvalue weighted by Crippen LogP contribution is -2.20. The van der Waals surface area contributed by atoms with Crippen molar-refractivity contribution in [3.8, 4) is 0 Å². The van der Waals surface area contributed by atoms with Crippen LogP contribution in [0.4, 0.5) is 0 Å². The van der Waals surface area contributed by atoms with E-state index in [2.05, 4.69) is 6.58 Å². The number of Topliss-reactive ketones (excluding diaryl/α,β-unsaturated/α-hetero) is 1. The third kappa shape index (κ3) is 4.53. The predicted molar refractivity (Wildman–Crippen MR) is 70.1 cm³/mol. The first kappa shape index (κ1) is 14.2. The van der Waals surface area contributed by atoms with Gasteiger partial charge in [0.15, 0.2) is 5.78 Å². The maximum Gasteiger partial charge on any atom is 0.303 e. The Bertz CT molecular complexity index is 434. The molecule has 0 radical (unpaired) electrons. The number of esters is 1. The number of benzene rings is 1. The van der Waals surface area contributed by atoms with Gasteiger partial charge in [0.2, 0.25) is 0 Å². The number of rotatable bonds is 6. The molecule has 1 aromatic rings. The highest BCUT2D eigenvalue weighted by atomic mass is 16.5. The number of carbonyl (C=O) groups is 2. The van der Waals surface area contributed by atoms with Crippen molar-refractivity contribution in [3.05, 3.63) is 48.0 Å². The minimum atomic E-state index is -0.550. The van der Waals surface area contributed by atoms with Gasteiger partial charge < -0.3 is 4.74 Å². The molecule has 18 heavy (non-hydrogen) atoms. The first-order chi connectivity index (χ1) is 8.50.